The summed E-state index contributed by atoms with van der Waals surface area (Å²) >= 11 is 0. The Balaban J connectivity index is 1.96. The van der Waals surface area contributed by atoms with E-state index < -0.39 is 0 Å². The molecule has 1 aliphatic heterocycles. The molecule has 1 aliphatic rings. The van der Waals surface area contributed by atoms with Crippen molar-refractivity contribution in [2.24, 2.45) is 0 Å². The highest BCUT2D eigenvalue weighted by Crippen LogP contribution is 2.16. The number of aryl methyl sites for hydroxylation is 1. The summed E-state index contributed by atoms with van der Waals surface area (Å²) in [5, 5.41) is 4.54. The summed E-state index contributed by atoms with van der Waals surface area (Å²) in [6, 6.07) is 1.27. The van der Waals surface area contributed by atoms with Gasteiger partial charge < -0.3 is 0 Å². The first-order chi connectivity index (χ1) is 9.51. The number of aromatic nitrogens is 2. The Morgan fingerprint density at radius 1 is 1.45 bits per heavy atom. The lowest BCUT2D eigenvalue weighted by atomic mass is 10.1. The summed E-state index contributed by atoms with van der Waals surface area (Å²) < 4.78 is 1.98. The Bertz CT molecular complexity index is 449. The van der Waals surface area contributed by atoms with Gasteiger partial charge >= 0.3 is 0 Å². The zero-order valence-corrected chi connectivity index (χ0v) is 13.3. The second-order valence-corrected chi connectivity index (χ2v) is 6.17. The fourth-order valence-corrected chi connectivity index (χ4v) is 3.14. The van der Waals surface area contributed by atoms with E-state index in [1.54, 1.807) is 0 Å². The highest BCUT2D eigenvalue weighted by Gasteiger charge is 2.25. The summed E-state index contributed by atoms with van der Waals surface area (Å²) in [5.41, 5.74) is 2.49. The molecule has 1 saturated heterocycles. The van der Waals surface area contributed by atoms with Crippen LogP contribution in [0.4, 0.5) is 0 Å². The summed E-state index contributed by atoms with van der Waals surface area (Å²) in [6.07, 6.45) is 4.05. The molecule has 20 heavy (non-hydrogen) atoms. The van der Waals surface area contributed by atoms with Crippen molar-refractivity contribution < 1.29 is 0 Å². The zero-order valence-electron chi connectivity index (χ0n) is 13.3. The molecule has 1 atom stereocenters. The second-order valence-electron chi connectivity index (χ2n) is 6.17. The Labute approximate surface area is 123 Å². The molecule has 1 aromatic heterocycles. The van der Waals surface area contributed by atoms with Crippen molar-refractivity contribution in [3.8, 4) is 0 Å². The van der Waals surface area contributed by atoms with E-state index in [1.165, 1.54) is 12.1 Å². The molecule has 0 amide bonds. The summed E-state index contributed by atoms with van der Waals surface area (Å²) in [4.78, 5) is 5.14. The van der Waals surface area contributed by atoms with Crippen LogP contribution in [0.1, 0.15) is 32.0 Å². The predicted octanol–water partition coefficient (Wildman–Crippen LogP) is 2.29. The summed E-state index contributed by atoms with van der Waals surface area (Å²) in [6.45, 7) is 18.0. The quantitative estimate of drug-likeness (QED) is 0.771. The van der Waals surface area contributed by atoms with Crippen LogP contribution in [0, 0.1) is 6.92 Å². The molecule has 112 valence electrons. The van der Waals surface area contributed by atoms with Crippen molar-refractivity contribution in [1.29, 1.82) is 0 Å². The number of allylic oxidation sites excluding steroid dienone is 1. The molecule has 2 heterocycles. The van der Waals surface area contributed by atoms with Crippen LogP contribution in [0.3, 0.4) is 0 Å². The molecule has 4 heteroatoms. The summed E-state index contributed by atoms with van der Waals surface area (Å²) in [5.74, 6) is 0. The minimum absolute atomic E-state index is 0.632. The van der Waals surface area contributed by atoms with E-state index in [-0.39, 0.29) is 0 Å². The van der Waals surface area contributed by atoms with Crippen LogP contribution >= 0.6 is 0 Å². The van der Waals surface area contributed by atoms with E-state index in [9.17, 15) is 0 Å². The Morgan fingerprint density at radius 3 is 2.80 bits per heavy atom. The van der Waals surface area contributed by atoms with Gasteiger partial charge in [0.1, 0.15) is 0 Å². The molecule has 0 aliphatic carbocycles. The minimum Gasteiger partial charge on any atom is -0.296 e. The number of rotatable bonds is 5. The van der Waals surface area contributed by atoms with Crippen LogP contribution in [0.2, 0.25) is 0 Å². The highest BCUT2D eigenvalue weighted by atomic mass is 15.3. The molecule has 0 N–H and O–H groups in total. The third-order valence-corrected chi connectivity index (χ3v) is 4.18. The van der Waals surface area contributed by atoms with Crippen LogP contribution in [0.25, 0.3) is 0 Å². The average molecular weight is 276 g/mol. The van der Waals surface area contributed by atoms with Crippen LogP contribution in [0.15, 0.2) is 18.9 Å². The molecule has 0 radical (unpaired) electrons. The van der Waals surface area contributed by atoms with Gasteiger partial charge in [0.05, 0.1) is 12.2 Å². The van der Waals surface area contributed by atoms with Crippen LogP contribution < -0.4 is 0 Å². The Morgan fingerprint density at radius 2 is 2.20 bits per heavy atom. The van der Waals surface area contributed by atoms with Gasteiger partial charge in [0, 0.05) is 50.0 Å². The maximum atomic E-state index is 4.54. The molecule has 0 saturated carbocycles. The Hall–Kier alpha value is -1.13. The fourth-order valence-electron chi connectivity index (χ4n) is 3.14. The lowest BCUT2D eigenvalue weighted by molar-refractivity contribution is 0.0563. The van der Waals surface area contributed by atoms with Crippen molar-refractivity contribution in [3.63, 3.8) is 0 Å². The van der Waals surface area contributed by atoms with Gasteiger partial charge in [-0.15, -0.1) is 6.58 Å². The first-order valence-corrected chi connectivity index (χ1v) is 7.63. The Kier molecular flexibility index (Phi) is 5.00. The van der Waals surface area contributed by atoms with Gasteiger partial charge in [0.15, 0.2) is 0 Å². The lowest BCUT2D eigenvalue weighted by Crippen LogP contribution is -2.53. The molecular weight excluding hydrogens is 248 g/mol. The first kappa shape index (κ1) is 15.3. The van der Waals surface area contributed by atoms with E-state index >= 15 is 0 Å². The maximum absolute atomic E-state index is 4.54. The maximum Gasteiger partial charge on any atom is 0.0638 e. The van der Waals surface area contributed by atoms with Gasteiger partial charge in [-0.05, 0) is 27.7 Å². The second kappa shape index (κ2) is 6.55. The SMILES string of the molecule is C=CCn1cc(CN2CCN(C(C)C)[C@@H](C)C2)c(C)n1. The third-order valence-electron chi connectivity index (χ3n) is 4.18. The van der Waals surface area contributed by atoms with Gasteiger partial charge in [-0.1, -0.05) is 6.08 Å². The molecule has 0 bridgehead atoms. The zero-order chi connectivity index (χ0) is 14.7. The smallest absolute Gasteiger partial charge is 0.0638 e. The van der Waals surface area contributed by atoms with Gasteiger partial charge in [0.2, 0.25) is 0 Å². The third kappa shape index (κ3) is 3.49. The molecule has 2 rings (SSSR count). The van der Waals surface area contributed by atoms with Crippen molar-refractivity contribution in [1.82, 2.24) is 19.6 Å². The number of piperazine rings is 1. The number of hydrogen-bond donors (Lipinski definition) is 0. The van der Waals surface area contributed by atoms with Gasteiger partial charge in [-0.25, -0.2) is 0 Å². The largest absolute Gasteiger partial charge is 0.296 e. The topological polar surface area (TPSA) is 24.3 Å². The van der Waals surface area contributed by atoms with E-state index in [4.69, 9.17) is 0 Å². The van der Waals surface area contributed by atoms with Crippen LogP contribution in [-0.4, -0.2) is 51.3 Å². The molecule has 0 spiro atoms. The minimum atomic E-state index is 0.632. The monoisotopic (exact) mass is 276 g/mol. The first-order valence-electron chi connectivity index (χ1n) is 7.63. The van der Waals surface area contributed by atoms with E-state index in [2.05, 4.69) is 55.4 Å². The molecule has 1 aromatic rings. The molecule has 0 unspecified atom stereocenters. The van der Waals surface area contributed by atoms with Crippen molar-refractivity contribution >= 4 is 0 Å². The number of hydrogen-bond acceptors (Lipinski definition) is 3. The van der Waals surface area contributed by atoms with Crippen LogP contribution in [0.5, 0.6) is 0 Å². The molecule has 1 fully saturated rings. The molecule has 4 nitrogen and oxygen atoms in total. The van der Waals surface area contributed by atoms with Crippen molar-refractivity contribution in [3.05, 3.63) is 30.1 Å². The van der Waals surface area contributed by atoms with Gasteiger partial charge in [-0.2, -0.15) is 5.10 Å². The van der Waals surface area contributed by atoms with Gasteiger partial charge in [-0.3, -0.25) is 14.5 Å². The van der Waals surface area contributed by atoms with E-state index in [0.29, 0.717) is 12.1 Å². The van der Waals surface area contributed by atoms with Gasteiger partial charge in [0.25, 0.3) is 0 Å². The lowest BCUT2D eigenvalue weighted by Gasteiger charge is -2.42. The van der Waals surface area contributed by atoms with E-state index in [0.717, 1.165) is 31.9 Å². The average Bonchev–Trinajstić information content (AvgIpc) is 2.70. The van der Waals surface area contributed by atoms with Crippen molar-refractivity contribution in [2.45, 2.75) is 52.9 Å². The standard InChI is InChI=1S/C16H28N4/c1-6-7-19-12-16(15(5)17-19)11-18-8-9-20(13(2)3)14(4)10-18/h6,12-14H,1,7-11H2,2-5H3/t14-/m0/s1. The predicted molar refractivity (Wildman–Crippen MR) is 83.7 cm³/mol. The van der Waals surface area contributed by atoms with Crippen molar-refractivity contribution in [2.75, 3.05) is 19.6 Å². The fraction of sp³-hybridized carbons (Fsp3) is 0.688. The number of nitrogens with zero attached hydrogens (tertiary/aromatic N) is 4. The van der Waals surface area contributed by atoms with E-state index in [1.807, 2.05) is 10.8 Å². The molecular formula is C16H28N4. The normalized spacial score (nSPS) is 21.6. The van der Waals surface area contributed by atoms with Crippen LogP contribution in [-0.2, 0) is 13.1 Å². The molecule has 0 aromatic carbocycles. The summed E-state index contributed by atoms with van der Waals surface area (Å²) in [7, 11) is 0. The highest BCUT2D eigenvalue weighted by molar-refractivity contribution is 5.15.